The van der Waals surface area contributed by atoms with Crippen molar-refractivity contribution < 1.29 is 19.4 Å². The molecular formula is C21H25NO4. The number of nitrogens with one attached hydrogen (secondary N) is 1. The third-order valence-electron chi connectivity index (χ3n) is 3.82. The first-order chi connectivity index (χ1) is 12.4. The van der Waals surface area contributed by atoms with Crippen molar-refractivity contribution in [2.75, 3.05) is 0 Å². The largest absolute Gasteiger partial charge is 0.491 e. The number of hydrogen-bond acceptors (Lipinski definition) is 3. The monoisotopic (exact) mass is 355 g/mol. The third kappa shape index (κ3) is 6.59. The molecule has 0 aromatic heterocycles. The average Bonchev–Trinajstić information content (AvgIpc) is 2.59. The van der Waals surface area contributed by atoms with E-state index in [-0.39, 0.29) is 30.9 Å². The van der Waals surface area contributed by atoms with E-state index in [9.17, 15) is 9.59 Å². The molecule has 0 aliphatic carbocycles. The van der Waals surface area contributed by atoms with Gasteiger partial charge in [-0.05, 0) is 43.5 Å². The molecule has 1 atom stereocenters. The van der Waals surface area contributed by atoms with Gasteiger partial charge in [0.05, 0.1) is 18.6 Å². The van der Waals surface area contributed by atoms with Crippen molar-refractivity contribution >= 4 is 11.9 Å². The molecule has 2 N–H and O–H groups in total. The summed E-state index contributed by atoms with van der Waals surface area (Å²) in [6.45, 7) is 3.90. The highest BCUT2D eigenvalue weighted by Gasteiger charge is 2.16. The number of carbonyl (C=O) groups excluding carboxylic acids is 1. The first kappa shape index (κ1) is 19.5. The summed E-state index contributed by atoms with van der Waals surface area (Å²) < 4.78 is 5.65. The molecule has 1 amide bonds. The van der Waals surface area contributed by atoms with Gasteiger partial charge in [0.2, 0.25) is 5.91 Å². The van der Waals surface area contributed by atoms with Crippen LogP contribution in [0.5, 0.6) is 5.75 Å². The maximum absolute atomic E-state index is 12.5. The Morgan fingerprint density at radius 2 is 1.81 bits per heavy atom. The van der Waals surface area contributed by atoms with E-state index < -0.39 is 5.97 Å². The van der Waals surface area contributed by atoms with Crippen LogP contribution in [0.2, 0.25) is 0 Å². The minimum absolute atomic E-state index is 0.00243. The van der Waals surface area contributed by atoms with Crippen LogP contribution < -0.4 is 10.1 Å². The summed E-state index contributed by atoms with van der Waals surface area (Å²) in [4.78, 5) is 23.4. The first-order valence-corrected chi connectivity index (χ1v) is 8.75. The van der Waals surface area contributed by atoms with E-state index in [0.717, 1.165) is 16.9 Å². The summed E-state index contributed by atoms with van der Waals surface area (Å²) in [5.41, 5.74) is 1.75. The fourth-order valence-electron chi connectivity index (χ4n) is 2.71. The predicted octanol–water partition coefficient (Wildman–Crippen LogP) is 3.74. The molecule has 0 saturated heterocycles. The Morgan fingerprint density at radius 3 is 2.46 bits per heavy atom. The quantitative estimate of drug-likeness (QED) is 0.718. The molecule has 0 saturated carbocycles. The lowest BCUT2D eigenvalue weighted by molar-refractivity contribution is -0.137. The van der Waals surface area contributed by atoms with Crippen LogP contribution in [-0.4, -0.2) is 23.1 Å². The van der Waals surface area contributed by atoms with Crippen LogP contribution >= 0.6 is 0 Å². The van der Waals surface area contributed by atoms with Crippen LogP contribution in [0.25, 0.3) is 0 Å². The van der Waals surface area contributed by atoms with Crippen molar-refractivity contribution in [2.24, 2.45) is 0 Å². The van der Waals surface area contributed by atoms with Gasteiger partial charge in [0.1, 0.15) is 5.75 Å². The normalized spacial score (nSPS) is 11.8. The highest BCUT2D eigenvalue weighted by molar-refractivity contribution is 5.79. The Labute approximate surface area is 154 Å². The molecule has 0 fully saturated rings. The second-order valence-corrected chi connectivity index (χ2v) is 6.45. The smallest absolute Gasteiger partial charge is 0.303 e. The van der Waals surface area contributed by atoms with Gasteiger partial charge in [0.15, 0.2) is 0 Å². The summed E-state index contributed by atoms with van der Waals surface area (Å²) in [7, 11) is 0. The van der Waals surface area contributed by atoms with E-state index >= 15 is 0 Å². The van der Waals surface area contributed by atoms with Gasteiger partial charge < -0.3 is 15.2 Å². The van der Waals surface area contributed by atoms with Crippen molar-refractivity contribution in [1.29, 1.82) is 0 Å². The Kier molecular flexibility index (Phi) is 7.21. The van der Waals surface area contributed by atoms with Crippen molar-refractivity contribution in [3.8, 4) is 5.75 Å². The second-order valence-electron chi connectivity index (χ2n) is 6.45. The van der Waals surface area contributed by atoms with Crippen LogP contribution in [0, 0.1) is 0 Å². The second kappa shape index (κ2) is 9.61. The number of hydrogen-bond donors (Lipinski definition) is 2. The highest BCUT2D eigenvalue weighted by atomic mass is 16.5. The molecule has 0 spiro atoms. The molecule has 1 unspecified atom stereocenters. The number of amides is 1. The molecule has 2 aromatic carbocycles. The number of carboxylic acid groups (broad SMARTS) is 1. The van der Waals surface area contributed by atoms with Crippen molar-refractivity contribution in [2.45, 2.75) is 45.3 Å². The molecule has 0 aliphatic rings. The maximum Gasteiger partial charge on any atom is 0.303 e. The van der Waals surface area contributed by atoms with Crippen molar-refractivity contribution in [3.63, 3.8) is 0 Å². The average molecular weight is 355 g/mol. The van der Waals surface area contributed by atoms with Gasteiger partial charge in [-0.2, -0.15) is 0 Å². The minimum Gasteiger partial charge on any atom is -0.491 e. The Hall–Kier alpha value is -2.82. The number of ether oxygens (including phenoxy) is 1. The van der Waals surface area contributed by atoms with Crippen LogP contribution in [0.3, 0.4) is 0 Å². The lowest BCUT2D eigenvalue weighted by Crippen LogP contribution is -2.30. The summed E-state index contributed by atoms with van der Waals surface area (Å²) in [6.07, 6.45) is 0.628. The summed E-state index contributed by atoms with van der Waals surface area (Å²) in [6, 6.07) is 16.6. The zero-order chi connectivity index (χ0) is 18.9. The maximum atomic E-state index is 12.5. The van der Waals surface area contributed by atoms with Gasteiger partial charge in [0, 0.05) is 6.42 Å². The number of rotatable bonds is 9. The zero-order valence-electron chi connectivity index (χ0n) is 15.1. The number of carbonyl (C=O) groups is 2. The molecule has 26 heavy (non-hydrogen) atoms. The fourth-order valence-corrected chi connectivity index (χ4v) is 2.71. The Bertz CT molecular complexity index is 728. The lowest BCUT2D eigenvalue weighted by Gasteiger charge is -2.19. The molecule has 2 rings (SSSR count). The van der Waals surface area contributed by atoms with Crippen LogP contribution in [0.15, 0.2) is 54.6 Å². The third-order valence-corrected chi connectivity index (χ3v) is 3.82. The summed E-state index contributed by atoms with van der Waals surface area (Å²) in [5.74, 6) is -0.291. The molecule has 0 heterocycles. The van der Waals surface area contributed by atoms with E-state index in [4.69, 9.17) is 9.84 Å². The number of carboxylic acids is 1. The van der Waals surface area contributed by atoms with Gasteiger partial charge >= 0.3 is 5.97 Å². The van der Waals surface area contributed by atoms with Crippen LogP contribution in [0.4, 0.5) is 0 Å². The molecule has 0 bridgehead atoms. The molecular weight excluding hydrogens is 330 g/mol. The van der Waals surface area contributed by atoms with Crippen molar-refractivity contribution in [1.82, 2.24) is 5.32 Å². The molecule has 0 radical (unpaired) electrons. The highest BCUT2D eigenvalue weighted by Crippen LogP contribution is 2.19. The van der Waals surface area contributed by atoms with E-state index in [2.05, 4.69) is 5.32 Å². The Balaban J connectivity index is 2.03. The first-order valence-electron chi connectivity index (χ1n) is 8.75. The van der Waals surface area contributed by atoms with Gasteiger partial charge in [-0.15, -0.1) is 0 Å². The van der Waals surface area contributed by atoms with Crippen LogP contribution in [0.1, 0.15) is 43.9 Å². The Morgan fingerprint density at radius 1 is 1.08 bits per heavy atom. The lowest BCUT2D eigenvalue weighted by atomic mass is 10.0. The van der Waals surface area contributed by atoms with Gasteiger partial charge in [0.25, 0.3) is 0 Å². The minimum atomic E-state index is -0.876. The molecule has 5 heteroatoms. The fraction of sp³-hybridized carbons (Fsp3) is 0.333. The number of benzene rings is 2. The SMILES string of the molecule is CC(C)Oc1cccc(CC(=O)NC(CCC(=O)O)c2ccccc2)c1. The molecule has 5 nitrogen and oxygen atoms in total. The van der Waals surface area contributed by atoms with Gasteiger partial charge in [-0.3, -0.25) is 9.59 Å². The van der Waals surface area contributed by atoms with Gasteiger partial charge in [-0.25, -0.2) is 0 Å². The molecule has 2 aromatic rings. The van der Waals surface area contributed by atoms with Crippen LogP contribution in [-0.2, 0) is 16.0 Å². The van der Waals surface area contributed by atoms with E-state index in [1.165, 1.54) is 0 Å². The molecule has 138 valence electrons. The predicted molar refractivity (Wildman–Crippen MR) is 100 cm³/mol. The van der Waals surface area contributed by atoms with E-state index in [0.29, 0.717) is 6.42 Å². The standard InChI is InChI=1S/C21H25NO4/c1-15(2)26-18-10-6-7-16(13-18)14-20(23)22-19(11-12-21(24)25)17-8-4-3-5-9-17/h3-10,13,15,19H,11-12,14H2,1-2H3,(H,22,23)(H,24,25). The van der Waals surface area contributed by atoms with Crippen molar-refractivity contribution in [3.05, 3.63) is 65.7 Å². The van der Waals surface area contributed by atoms with E-state index in [1.54, 1.807) is 0 Å². The number of aliphatic carboxylic acids is 1. The van der Waals surface area contributed by atoms with Gasteiger partial charge in [-0.1, -0.05) is 42.5 Å². The zero-order valence-corrected chi connectivity index (χ0v) is 15.1. The summed E-state index contributed by atoms with van der Waals surface area (Å²) >= 11 is 0. The summed E-state index contributed by atoms with van der Waals surface area (Å²) in [5, 5.41) is 11.9. The topological polar surface area (TPSA) is 75.6 Å². The molecule has 0 aliphatic heterocycles. The van der Waals surface area contributed by atoms with E-state index in [1.807, 2.05) is 68.4 Å².